The Bertz CT molecular complexity index is 201. The molecule has 2 rings (SSSR count). The van der Waals surface area contributed by atoms with Gasteiger partial charge in [0.25, 0.3) is 0 Å². The Morgan fingerprint density at radius 3 is 2.31 bits per heavy atom. The highest BCUT2D eigenvalue weighted by Crippen LogP contribution is 2.49. The Morgan fingerprint density at radius 2 is 1.92 bits per heavy atom. The van der Waals surface area contributed by atoms with Gasteiger partial charge in [-0.05, 0) is 52.0 Å². The normalized spacial score (nSPS) is 41.1. The Labute approximate surface area is 80.9 Å². The highest BCUT2D eigenvalue weighted by atomic mass is 16.3. The molecule has 1 N–H and O–H groups in total. The van der Waals surface area contributed by atoms with Crippen molar-refractivity contribution in [2.45, 2.75) is 51.7 Å². The number of nitrogens with zero attached hydrogens (tertiary/aromatic N) is 1. The average molecular weight is 183 g/mol. The van der Waals surface area contributed by atoms with Gasteiger partial charge in [-0.2, -0.15) is 0 Å². The van der Waals surface area contributed by atoms with E-state index in [0.717, 1.165) is 12.8 Å². The molecule has 0 amide bonds. The molecule has 0 aromatic carbocycles. The third-order valence-corrected chi connectivity index (χ3v) is 3.72. The molecule has 1 saturated carbocycles. The molecule has 2 aliphatic rings. The van der Waals surface area contributed by atoms with Gasteiger partial charge in [-0.15, -0.1) is 0 Å². The summed E-state index contributed by atoms with van der Waals surface area (Å²) in [7, 11) is 0. The number of aliphatic hydroxyl groups is 1. The van der Waals surface area contributed by atoms with E-state index in [2.05, 4.69) is 25.7 Å². The number of likely N-dealkylation sites (tertiary alicyclic amines) is 1. The van der Waals surface area contributed by atoms with Gasteiger partial charge in [0.15, 0.2) is 0 Å². The number of hydrogen-bond donors (Lipinski definition) is 1. The van der Waals surface area contributed by atoms with Crippen molar-refractivity contribution >= 4 is 0 Å². The molecule has 0 atom stereocenters. The summed E-state index contributed by atoms with van der Waals surface area (Å²) in [6.07, 6.45) is 3.38. The third kappa shape index (κ3) is 1.62. The lowest BCUT2D eigenvalue weighted by Gasteiger charge is -2.44. The van der Waals surface area contributed by atoms with Gasteiger partial charge in [0.05, 0.1) is 6.10 Å². The van der Waals surface area contributed by atoms with Crippen molar-refractivity contribution in [3.8, 4) is 0 Å². The minimum Gasteiger partial charge on any atom is -0.393 e. The van der Waals surface area contributed by atoms with E-state index in [4.69, 9.17) is 0 Å². The first-order chi connectivity index (χ1) is 5.91. The van der Waals surface area contributed by atoms with Gasteiger partial charge in [-0.3, -0.25) is 4.90 Å². The first-order valence-electron chi connectivity index (χ1n) is 5.34. The fourth-order valence-corrected chi connectivity index (χ4v) is 2.78. The van der Waals surface area contributed by atoms with Crippen LogP contribution in [0.1, 0.15) is 40.0 Å². The van der Waals surface area contributed by atoms with Crippen molar-refractivity contribution in [2.24, 2.45) is 5.41 Å². The minimum atomic E-state index is -0.0000756. The lowest BCUT2D eigenvalue weighted by molar-refractivity contribution is -0.0300. The summed E-state index contributed by atoms with van der Waals surface area (Å²) in [6, 6.07) is 0. The van der Waals surface area contributed by atoms with Gasteiger partial charge in [0.2, 0.25) is 0 Å². The molecule has 1 aliphatic carbocycles. The van der Waals surface area contributed by atoms with E-state index >= 15 is 0 Å². The molecule has 1 saturated heterocycles. The summed E-state index contributed by atoms with van der Waals surface area (Å²) in [5, 5.41) is 9.34. The summed E-state index contributed by atoms with van der Waals surface area (Å²) in [5.41, 5.74) is 0.802. The van der Waals surface area contributed by atoms with Crippen LogP contribution in [0.15, 0.2) is 0 Å². The third-order valence-electron chi connectivity index (χ3n) is 3.72. The predicted octanol–water partition coefficient (Wildman–Crippen LogP) is 1.63. The molecule has 0 bridgehead atoms. The Morgan fingerprint density at radius 1 is 1.31 bits per heavy atom. The predicted molar refractivity (Wildman–Crippen MR) is 53.6 cm³/mol. The van der Waals surface area contributed by atoms with Crippen LogP contribution >= 0.6 is 0 Å². The van der Waals surface area contributed by atoms with Gasteiger partial charge < -0.3 is 5.11 Å². The molecular formula is C11H21NO. The molecule has 0 aromatic rings. The van der Waals surface area contributed by atoms with E-state index in [9.17, 15) is 5.11 Å². The zero-order valence-electron chi connectivity index (χ0n) is 9.01. The van der Waals surface area contributed by atoms with Crippen LogP contribution in [0.2, 0.25) is 0 Å². The van der Waals surface area contributed by atoms with Crippen molar-refractivity contribution in [1.29, 1.82) is 0 Å². The van der Waals surface area contributed by atoms with E-state index < -0.39 is 0 Å². The fraction of sp³-hybridized carbons (Fsp3) is 1.00. The average Bonchev–Trinajstić information content (AvgIpc) is 2.29. The monoisotopic (exact) mass is 183 g/mol. The summed E-state index contributed by atoms with van der Waals surface area (Å²) in [4.78, 5) is 2.55. The van der Waals surface area contributed by atoms with Crippen LogP contribution in [-0.4, -0.2) is 34.7 Å². The smallest absolute Gasteiger partial charge is 0.0551 e. The first kappa shape index (κ1) is 9.47. The molecule has 13 heavy (non-hydrogen) atoms. The molecule has 1 heterocycles. The molecule has 0 radical (unpaired) electrons. The van der Waals surface area contributed by atoms with E-state index in [1.54, 1.807) is 0 Å². The molecule has 2 nitrogen and oxygen atoms in total. The summed E-state index contributed by atoms with van der Waals surface area (Å²) in [5.74, 6) is 0. The van der Waals surface area contributed by atoms with Gasteiger partial charge >= 0.3 is 0 Å². The quantitative estimate of drug-likeness (QED) is 0.617. The largest absolute Gasteiger partial charge is 0.393 e. The van der Waals surface area contributed by atoms with Crippen LogP contribution in [0.5, 0.6) is 0 Å². The van der Waals surface area contributed by atoms with Crippen molar-refractivity contribution in [1.82, 2.24) is 4.90 Å². The van der Waals surface area contributed by atoms with Crippen LogP contribution in [-0.2, 0) is 0 Å². The summed E-state index contributed by atoms with van der Waals surface area (Å²) < 4.78 is 0. The van der Waals surface area contributed by atoms with E-state index in [0.29, 0.717) is 11.0 Å². The molecule has 1 aliphatic heterocycles. The van der Waals surface area contributed by atoms with Gasteiger partial charge in [-0.1, -0.05) is 0 Å². The molecule has 0 unspecified atom stereocenters. The number of rotatable bonds is 0. The zero-order chi connectivity index (χ0) is 9.69. The van der Waals surface area contributed by atoms with Crippen LogP contribution in [0.3, 0.4) is 0 Å². The maximum Gasteiger partial charge on any atom is 0.0551 e. The van der Waals surface area contributed by atoms with E-state index in [1.165, 1.54) is 19.5 Å². The Balaban J connectivity index is 1.95. The molecule has 2 fully saturated rings. The summed E-state index contributed by atoms with van der Waals surface area (Å²) >= 11 is 0. The second kappa shape index (κ2) is 2.71. The standard InChI is InChI=1S/C11H21NO/c1-10(2,3)12-5-4-11(8-12)6-9(13)7-11/h9,13H,4-8H2,1-3H3. The van der Waals surface area contributed by atoms with Gasteiger partial charge in [0, 0.05) is 12.1 Å². The second-order valence-electron chi connectivity index (χ2n) is 5.90. The van der Waals surface area contributed by atoms with Crippen LogP contribution < -0.4 is 0 Å². The van der Waals surface area contributed by atoms with Crippen molar-refractivity contribution in [2.75, 3.05) is 13.1 Å². The van der Waals surface area contributed by atoms with E-state index in [-0.39, 0.29) is 6.10 Å². The van der Waals surface area contributed by atoms with Crippen molar-refractivity contribution in [3.05, 3.63) is 0 Å². The lowest BCUT2D eigenvalue weighted by atomic mass is 9.66. The Kier molecular flexibility index (Phi) is 1.97. The SMILES string of the molecule is CC(C)(C)N1CCC2(CC(O)C2)C1. The molecule has 76 valence electrons. The van der Waals surface area contributed by atoms with E-state index in [1.807, 2.05) is 0 Å². The number of hydrogen-bond acceptors (Lipinski definition) is 2. The minimum absolute atomic E-state index is 0.0000756. The fourth-order valence-electron chi connectivity index (χ4n) is 2.78. The Hall–Kier alpha value is -0.0800. The van der Waals surface area contributed by atoms with Crippen LogP contribution in [0.4, 0.5) is 0 Å². The molecular weight excluding hydrogens is 162 g/mol. The number of aliphatic hydroxyl groups excluding tert-OH is 1. The summed E-state index contributed by atoms with van der Waals surface area (Å²) in [6.45, 7) is 9.26. The highest BCUT2D eigenvalue weighted by molar-refractivity contribution is 5.02. The second-order valence-corrected chi connectivity index (χ2v) is 5.90. The highest BCUT2D eigenvalue weighted by Gasteiger charge is 2.49. The molecule has 1 spiro atoms. The maximum absolute atomic E-state index is 9.34. The van der Waals surface area contributed by atoms with Crippen LogP contribution in [0, 0.1) is 5.41 Å². The van der Waals surface area contributed by atoms with Gasteiger partial charge in [-0.25, -0.2) is 0 Å². The molecule has 0 aromatic heterocycles. The maximum atomic E-state index is 9.34. The van der Waals surface area contributed by atoms with Crippen molar-refractivity contribution in [3.63, 3.8) is 0 Å². The van der Waals surface area contributed by atoms with Crippen molar-refractivity contribution < 1.29 is 5.11 Å². The first-order valence-corrected chi connectivity index (χ1v) is 5.34. The van der Waals surface area contributed by atoms with Crippen LogP contribution in [0.25, 0.3) is 0 Å². The topological polar surface area (TPSA) is 23.5 Å². The molecule has 2 heteroatoms. The lowest BCUT2D eigenvalue weighted by Crippen LogP contribution is -2.46. The zero-order valence-corrected chi connectivity index (χ0v) is 9.01. The van der Waals surface area contributed by atoms with Gasteiger partial charge in [0.1, 0.15) is 0 Å².